The van der Waals surface area contributed by atoms with Gasteiger partial charge >= 0.3 is 6.03 Å². The maximum Gasteiger partial charge on any atom is 0.321 e. The summed E-state index contributed by atoms with van der Waals surface area (Å²) in [6.07, 6.45) is 8.26. The quantitative estimate of drug-likeness (QED) is 0.563. The molecule has 6 heteroatoms. The van der Waals surface area contributed by atoms with Crippen LogP contribution < -0.4 is 10.6 Å². The number of likely N-dealkylation sites (tertiary alicyclic amines) is 2. The maximum absolute atomic E-state index is 12.8. The summed E-state index contributed by atoms with van der Waals surface area (Å²) in [5.41, 5.74) is 2.65. The molecule has 1 atom stereocenters. The molecule has 2 aromatic carbocycles. The molecule has 0 radical (unpaired) electrons. The van der Waals surface area contributed by atoms with Crippen LogP contribution in [0.3, 0.4) is 0 Å². The van der Waals surface area contributed by atoms with Crippen molar-refractivity contribution in [1.82, 2.24) is 15.1 Å². The Bertz CT molecular complexity index is 925. The van der Waals surface area contributed by atoms with E-state index in [2.05, 4.69) is 21.6 Å². The minimum Gasteiger partial charge on any atom is -0.352 e. The number of hydrogen-bond donors (Lipinski definition) is 2. The predicted octanol–water partition coefficient (Wildman–Crippen LogP) is 5.09. The Labute approximate surface area is 203 Å². The molecule has 182 valence electrons. The van der Waals surface area contributed by atoms with Crippen molar-refractivity contribution in [1.29, 1.82) is 0 Å². The Kier molecular flexibility index (Phi) is 8.97. The number of anilines is 1. The third kappa shape index (κ3) is 7.07. The third-order valence-corrected chi connectivity index (χ3v) is 6.99. The predicted molar refractivity (Wildman–Crippen MR) is 137 cm³/mol. The fourth-order valence-corrected chi connectivity index (χ4v) is 5.06. The number of nitrogens with zero attached hydrogens (tertiary/aromatic N) is 2. The van der Waals surface area contributed by atoms with Crippen molar-refractivity contribution < 1.29 is 9.59 Å². The third-order valence-electron chi connectivity index (χ3n) is 6.99. The van der Waals surface area contributed by atoms with E-state index in [1.807, 2.05) is 53.4 Å². The lowest BCUT2D eigenvalue weighted by atomic mass is 9.89. The summed E-state index contributed by atoms with van der Waals surface area (Å²) in [6.45, 7) is 5.57. The van der Waals surface area contributed by atoms with Crippen molar-refractivity contribution in [2.75, 3.05) is 44.6 Å². The minimum atomic E-state index is -0.0609. The second-order valence-corrected chi connectivity index (χ2v) is 9.57. The molecule has 4 rings (SSSR count). The van der Waals surface area contributed by atoms with Crippen molar-refractivity contribution in [2.24, 2.45) is 0 Å². The molecule has 2 aliphatic heterocycles. The number of rotatable bonds is 7. The Balaban J connectivity index is 1.27. The van der Waals surface area contributed by atoms with Crippen LogP contribution in [-0.2, 0) is 0 Å². The number of carbonyl (C=O) groups is 2. The van der Waals surface area contributed by atoms with Gasteiger partial charge in [-0.3, -0.25) is 4.79 Å². The van der Waals surface area contributed by atoms with E-state index in [9.17, 15) is 9.59 Å². The molecule has 0 aromatic heterocycles. The molecule has 0 aliphatic carbocycles. The average molecular weight is 463 g/mol. The van der Waals surface area contributed by atoms with Crippen LogP contribution in [0.2, 0.25) is 0 Å². The van der Waals surface area contributed by atoms with Gasteiger partial charge in [-0.1, -0.05) is 43.2 Å². The van der Waals surface area contributed by atoms with Gasteiger partial charge in [0.15, 0.2) is 0 Å². The fraction of sp³-hybridized carbons (Fsp3) is 0.500. The highest BCUT2D eigenvalue weighted by atomic mass is 16.2. The molecule has 2 fully saturated rings. The zero-order chi connectivity index (χ0) is 23.6. The minimum absolute atomic E-state index is 0.00722. The number of urea groups is 1. The van der Waals surface area contributed by atoms with Crippen LogP contribution in [0.25, 0.3) is 0 Å². The second kappa shape index (κ2) is 12.6. The molecule has 34 heavy (non-hydrogen) atoms. The summed E-state index contributed by atoms with van der Waals surface area (Å²) in [6, 6.07) is 17.4. The summed E-state index contributed by atoms with van der Waals surface area (Å²) in [5.74, 6) is 0.235. The van der Waals surface area contributed by atoms with Crippen molar-refractivity contribution in [2.45, 2.75) is 50.9 Å². The van der Waals surface area contributed by atoms with E-state index in [1.165, 1.54) is 38.8 Å². The zero-order valence-corrected chi connectivity index (χ0v) is 20.2. The summed E-state index contributed by atoms with van der Waals surface area (Å²) in [4.78, 5) is 29.9. The monoisotopic (exact) mass is 462 g/mol. The molecule has 6 nitrogen and oxygen atoms in total. The van der Waals surface area contributed by atoms with Crippen molar-refractivity contribution in [3.8, 4) is 0 Å². The number of amides is 3. The largest absolute Gasteiger partial charge is 0.352 e. The molecule has 0 spiro atoms. The van der Waals surface area contributed by atoms with Crippen molar-refractivity contribution in [3.05, 3.63) is 65.7 Å². The van der Waals surface area contributed by atoms with Gasteiger partial charge < -0.3 is 20.4 Å². The van der Waals surface area contributed by atoms with Crippen LogP contribution in [-0.4, -0.2) is 61.0 Å². The number of piperidine rings is 1. The number of carbonyl (C=O) groups excluding carboxylic acids is 2. The Morgan fingerprint density at radius 1 is 0.882 bits per heavy atom. The fourth-order valence-electron chi connectivity index (χ4n) is 5.06. The molecule has 0 bridgehead atoms. The van der Waals surface area contributed by atoms with Crippen LogP contribution in [0.15, 0.2) is 54.6 Å². The van der Waals surface area contributed by atoms with Gasteiger partial charge in [0, 0.05) is 36.8 Å². The van der Waals surface area contributed by atoms with E-state index in [-0.39, 0.29) is 17.9 Å². The molecular formula is C28H38N4O2. The van der Waals surface area contributed by atoms with Crippen molar-refractivity contribution >= 4 is 17.6 Å². The van der Waals surface area contributed by atoms with Crippen LogP contribution >= 0.6 is 0 Å². The highest BCUT2D eigenvalue weighted by Crippen LogP contribution is 2.28. The lowest BCUT2D eigenvalue weighted by Crippen LogP contribution is -2.41. The number of para-hydroxylation sites is 1. The highest BCUT2D eigenvalue weighted by Gasteiger charge is 2.25. The molecule has 1 unspecified atom stereocenters. The van der Waals surface area contributed by atoms with E-state index < -0.39 is 0 Å². The van der Waals surface area contributed by atoms with Gasteiger partial charge in [-0.25, -0.2) is 4.79 Å². The summed E-state index contributed by atoms with van der Waals surface area (Å²) in [5, 5.41) is 6.09. The number of hydrogen-bond acceptors (Lipinski definition) is 3. The first-order chi connectivity index (χ1) is 16.7. The summed E-state index contributed by atoms with van der Waals surface area (Å²) in [7, 11) is 0. The van der Waals surface area contributed by atoms with Crippen LogP contribution in [0.4, 0.5) is 10.5 Å². The van der Waals surface area contributed by atoms with Crippen molar-refractivity contribution in [3.63, 3.8) is 0 Å². The standard InChI is InChI=1S/C28H38N4O2/c33-27(29-16-10-19-31-17-6-1-2-7-18-31)24-12-8-11-23(21-24)25-13-9-20-32(22-25)28(34)30-26-14-4-3-5-15-26/h3-5,8,11-12,14-15,21,25H,1-2,6-7,9-10,13,16-20,22H2,(H,29,33)(H,30,34). The first-order valence-corrected chi connectivity index (χ1v) is 12.9. The van der Waals surface area contributed by atoms with E-state index in [4.69, 9.17) is 0 Å². The first kappa shape index (κ1) is 24.3. The highest BCUT2D eigenvalue weighted by molar-refractivity contribution is 5.94. The van der Waals surface area contributed by atoms with Gasteiger partial charge in [0.05, 0.1) is 0 Å². The van der Waals surface area contributed by atoms with Gasteiger partial charge in [0.1, 0.15) is 0 Å². The van der Waals surface area contributed by atoms with E-state index in [1.54, 1.807) is 0 Å². The van der Waals surface area contributed by atoms with E-state index in [0.717, 1.165) is 43.6 Å². The summed E-state index contributed by atoms with van der Waals surface area (Å²) < 4.78 is 0. The smallest absolute Gasteiger partial charge is 0.321 e. The van der Waals surface area contributed by atoms with E-state index in [0.29, 0.717) is 18.7 Å². The first-order valence-electron chi connectivity index (χ1n) is 12.9. The normalized spacial score (nSPS) is 19.3. The molecule has 2 N–H and O–H groups in total. The zero-order valence-electron chi connectivity index (χ0n) is 20.2. The van der Waals surface area contributed by atoms with Crippen LogP contribution in [0.5, 0.6) is 0 Å². The number of nitrogens with one attached hydrogen (secondary N) is 2. The lowest BCUT2D eigenvalue weighted by Gasteiger charge is -2.33. The second-order valence-electron chi connectivity index (χ2n) is 9.57. The Morgan fingerprint density at radius 2 is 1.68 bits per heavy atom. The Hall–Kier alpha value is -2.86. The molecule has 0 saturated carbocycles. The molecule has 2 saturated heterocycles. The summed E-state index contributed by atoms with van der Waals surface area (Å²) >= 11 is 0. The topological polar surface area (TPSA) is 64.7 Å². The number of benzene rings is 2. The van der Waals surface area contributed by atoms with Gasteiger partial charge in [-0.05, 0) is 81.6 Å². The molecule has 2 heterocycles. The van der Waals surface area contributed by atoms with Crippen LogP contribution in [0, 0.1) is 0 Å². The SMILES string of the molecule is O=C(NCCCN1CCCCCC1)c1cccc(C2CCCN(C(=O)Nc3ccccc3)C2)c1. The van der Waals surface area contributed by atoms with Gasteiger partial charge in [-0.2, -0.15) is 0 Å². The van der Waals surface area contributed by atoms with E-state index >= 15 is 0 Å². The molecule has 2 aromatic rings. The van der Waals surface area contributed by atoms with Crippen LogP contribution in [0.1, 0.15) is 66.8 Å². The Morgan fingerprint density at radius 3 is 2.47 bits per heavy atom. The van der Waals surface area contributed by atoms with Gasteiger partial charge in [0.2, 0.25) is 0 Å². The lowest BCUT2D eigenvalue weighted by molar-refractivity contribution is 0.0951. The molecule has 2 aliphatic rings. The maximum atomic E-state index is 12.8. The van der Waals surface area contributed by atoms with Gasteiger partial charge in [-0.15, -0.1) is 0 Å². The molecule has 3 amide bonds. The molecular weight excluding hydrogens is 424 g/mol. The average Bonchev–Trinajstić information content (AvgIpc) is 3.16. The van der Waals surface area contributed by atoms with Gasteiger partial charge in [0.25, 0.3) is 5.91 Å².